The fourth-order valence-electron chi connectivity index (χ4n) is 5.21. The lowest BCUT2D eigenvalue weighted by Crippen LogP contribution is -2.35. The molecule has 0 aromatic heterocycles. The highest BCUT2D eigenvalue weighted by Crippen LogP contribution is 2.57. The van der Waals surface area contributed by atoms with Crippen molar-refractivity contribution in [2.75, 3.05) is 6.16 Å². The van der Waals surface area contributed by atoms with Crippen molar-refractivity contribution in [2.24, 2.45) is 10.8 Å². The van der Waals surface area contributed by atoms with Crippen LogP contribution in [0.15, 0.2) is 91.0 Å². The van der Waals surface area contributed by atoms with Crippen molar-refractivity contribution in [1.82, 2.24) is 0 Å². The third-order valence-electron chi connectivity index (χ3n) is 6.30. The molecule has 3 aromatic carbocycles. The maximum absolute atomic E-state index is 11.4. The van der Waals surface area contributed by atoms with Crippen LogP contribution in [0.3, 0.4) is 0 Å². The maximum atomic E-state index is 11.4. The van der Waals surface area contributed by atoms with Crippen molar-refractivity contribution in [2.45, 2.75) is 47.0 Å². The molecule has 3 heteroatoms. The largest absolute Gasteiger partial charge is 0.481 e. The van der Waals surface area contributed by atoms with E-state index in [0.29, 0.717) is 0 Å². The van der Waals surface area contributed by atoms with E-state index in [1.807, 2.05) is 0 Å². The third kappa shape index (κ3) is 5.87. The topological polar surface area (TPSA) is 37.3 Å². The van der Waals surface area contributed by atoms with Gasteiger partial charge in [-0.15, -0.1) is 0 Å². The average Bonchev–Trinajstić information content (AvgIpc) is 2.75. The molecule has 1 N–H and O–H groups in total. The first-order chi connectivity index (χ1) is 15.1. The monoisotopic (exact) mass is 447 g/mol. The fraction of sp³-hybridized carbons (Fsp3) is 0.345. The molecular formula is C29H36O2P+. The first kappa shape index (κ1) is 24.2. The highest BCUT2D eigenvalue weighted by atomic mass is 31.2. The van der Waals surface area contributed by atoms with Gasteiger partial charge in [-0.05, 0) is 60.1 Å². The van der Waals surface area contributed by atoms with Crippen molar-refractivity contribution in [1.29, 1.82) is 0 Å². The summed E-state index contributed by atoms with van der Waals surface area (Å²) in [6.45, 7) is 8.76. The van der Waals surface area contributed by atoms with E-state index in [0.717, 1.165) is 19.0 Å². The Labute approximate surface area is 194 Å². The van der Waals surface area contributed by atoms with E-state index in [1.54, 1.807) is 0 Å². The highest BCUT2D eigenvalue weighted by molar-refractivity contribution is 7.95. The van der Waals surface area contributed by atoms with E-state index in [1.165, 1.54) is 15.9 Å². The lowest BCUT2D eigenvalue weighted by molar-refractivity contribution is -0.139. The van der Waals surface area contributed by atoms with Crippen molar-refractivity contribution in [3.05, 3.63) is 91.0 Å². The molecule has 0 aliphatic rings. The number of hydrogen-bond donors (Lipinski definition) is 1. The van der Waals surface area contributed by atoms with Gasteiger partial charge in [0.1, 0.15) is 23.2 Å². The predicted octanol–water partition coefficient (Wildman–Crippen LogP) is 6.29. The van der Waals surface area contributed by atoms with Crippen LogP contribution in [0.4, 0.5) is 0 Å². The van der Waals surface area contributed by atoms with Gasteiger partial charge in [-0.3, -0.25) is 4.79 Å². The molecule has 32 heavy (non-hydrogen) atoms. The average molecular weight is 448 g/mol. The van der Waals surface area contributed by atoms with E-state index in [2.05, 4.69) is 119 Å². The molecule has 168 valence electrons. The number of hydrogen-bond acceptors (Lipinski definition) is 1. The second-order valence-electron chi connectivity index (χ2n) is 10.4. The van der Waals surface area contributed by atoms with Gasteiger partial charge in [0.2, 0.25) is 0 Å². The van der Waals surface area contributed by atoms with Crippen molar-refractivity contribution < 1.29 is 9.90 Å². The molecule has 0 aliphatic heterocycles. The molecule has 0 saturated heterocycles. The standard InChI is InChI=1S/C29H35O2P/c1-28(2,23-29(3,4)22-27(30)31)20-21-32(24-14-8-5-9-15-24,25-16-10-6-11-17-25)26-18-12-7-13-19-26/h5-19H,20-23H2,1-4H3/p+1. The van der Waals surface area contributed by atoms with Crippen LogP contribution in [0.25, 0.3) is 0 Å². The summed E-state index contributed by atoms with van der Waals surface area (Å²) in [7, 11) is -1.86. The lowest BCUT2D eigenvalue weighted by atomic mass is 9.72. The Hall–Kier alpha value is -2.44. The first-order valence-corrected chi connectivity index (χ1v) is 13.4. The molecule has 0 saturated carbocycles. The Balaban J connectivity index is 2.05. The van der Waals surface area contributed by atoms with Crippen molar-refractivity contribution >= 4 is 29.1 Å². The second-order valence-corrected chi connectivity index (χ2v) is 14.0. The molecule has 0 bridgehead atoms. The number of carboxylic acid groups (broad SMARTS) is 1. The normalized spacial score (nSPS) is 12.5. The van der Waals surface area contributed by atoms with Gasteiger partial charge in [-0.1, -0.05) is 82.3 Å². The quantitative estimate of drug-likeness (QED) is 0.371. The van der Waals surface area contributed by atoms with Crippen LogP contribution in [0.2, 0.25) is 0 Å². The Kier molecular flexibility index (Phi) is 7.57. The number of aliphatic carboxylic acids is 1. The van der Waals surface area contributed by atoms with Crippen molar-refractivity contribution in [3.63, 3.8) is 0 Å². The zero-order chi connectivity index (χ0) is 23.2. The summed E-state index contributed by atoms with van der Waals surface area (Å²) in [5.74, 6) is -0.717. The SMILES string of the molecule is CC(C)(CC[P+](c1ccccc1)(c1ccccc1)c1ccccc1)CC(C)(C)CC(=O)O. The van der Waals surface area contributed by atoms with E-state index >= 15 is 0 Å². The van der Waals surface area contributed by atoms with Gasteiger partial charge in [0.25, 0.3) is 0 Å². The van der Waals surface area contributed by atoms with Crippen LogP contribution < -0.4 is 15.9 Å². The van der Waals surface area contributed by atoms with Gasteiger partial charge < -0.3 is 5.11 Å². The minimum Gasteiger partial charge on any atom is -0.481 e. The maximum Gasteiger partial charge on any atom is 0.303 e. The first-order valence-electron chi connectivity index (χ1n) is 11.4. The van der Waals surface area contributed by atoms with Crippen LogP contribution in [-0.2, 0) is 4.79 Å². The Bertz CT molecular complexity index is 898. The minimum atomic E-state index is -1.86. The molecule has 3 rings (SSSR count). The number of carboxylic acids is 1. The van der Waals surface area contributed by atoms with E-state index < -0.39 is 13.2 Å². The second kappa shape index (κ2) is 10.0. The summed E-state index contributed by atoms with van der Waals surface area (Å²) in [4.78, 5) is 11.4. The van der Waals surface area contributed by atoms with Gasteiger partial charge >= 0.3 is 5.97 Å². The smallest absolute Gasteiger partial charge is 0.303 e. The van der Waals surface area contributed by atoms with Crippen LogP contribution >= 0.6 is 7.26 Å². The molecule has 0 aliphatic carbocycles. The van der Waals surface area contributed by atoms with Crippen LogP contribution in [0.1, 0.15) is 47.0 Å². The molecule has 0 radical (unpaired) electrons. The molecule has 3 aromatic rings. The molecule has 0 atom stereocenters. The van der Waals surface area contributed by atoms with Gasteiger partial charge in [0.05, 0.1) is 12.6 Å². The molecule has 0 fully saturated rings. The summed E-state index contributed by atoms with van der Waals surface area (Å²) in [6.07, 6.45) is 3.17. The zero-order valence-corrected chi connectivity index (χ0v) is 20.7. The van der Waals surface area contributed by atoms with Crippen LogP contribution in [0, 0.1) is 10.8 Å². The molecular weight excluding hydrogens is 411 g/mol. The van der Waals surface area contributed by atoms with Gasteiger partial charge in [0.15, 0.2) is 0 Å². The van der Waals surface area contributed by atoms with Gasteiger partial charge in [-0.2, -0.15) is 0 Å². The summed E-state index contributed by atoms with van der Waals surface area (Å²) < 4.78 is 0. The zero-order valence-electron chi connectivity index (χ0n) is 19.8. The van der Waals surface area contributed by atoms with Crippen LogP contribution in [-0.4, -0.2) is 17.2 Å². The molecule has 0 spiro atoms. The van der Waals surface area contributed by atoms with Gasteiger partial charge in [-0.25, -0.2) is 0 Å². The summed E-state index contributed by atoms with van der Waals surface area (Å²) in [6, 6.07) is 32.9. The van der Waals surface area contributed by atoms with E-state index in [-0.39, 0.29) is 17.3 Å². The summed E-state index contributed by atoms with van der Waals surface area (Å²) in [5, 5.41) is 13.6. The van der Waals surface area contributed by atoms with E-state index in [4.69, 9.17) is 0 Å². The summed E-state index contributed by atoms with van der Waals surface area (Å²) >= 11 is 0. The van der Waals surface area contributed by atoms with Crippen LogP contribution in [0.5, 0.6) is 0 Å². The van der Waals surface area contributed by atoms with Gasteiger partial charge in [0, 0.05) is 0 Å². The Morgan fingerprint density at radius 2 is 1.06 bits per heavy atom. The number of benzene rings is 3. The molecule has 0 amide bonds. The Morgan fingerprint density at radius 3 is 1.41 bits per heavy atom. The molecule has 2 nitrogen and oxygen atoms in total. The molecule has 0 heterocycles. The molecule has 0 unspecified atom stereocenters. The third-order valence-corrected chi connectivity index (χ3v) is 10.7. The summed E-state index contributed by atoms with van der Waals surface area (Å²) in [5.41, 5.74) is -0.203. The van der Waals surface area contributed by atoms with E-state index in [9.17, 15) is 9.90 Å². The Morgan fingerprint density at radius 1 is 0.688 bits per heavy atom. The predicted molar refractivity (Wildman–Crippen MR) is 139 cm³/mol. The lowest BCUT2D eigenvalue weighted by Gasteiger charge is -2.36. The minimum absolute atomic E-state index is 0.0303. The number of rotatable bonds is 10. The fourth-order valence-corrected chi connectivity index (χ4v) is 9.86. The highest BCUT2D eigenvalue weighted by Gasteiger charge is 2.46. The van der Waals surface area contributed by atoms with Crippen molar-refractivity contribution in [3.8, 4) is 0 Å². The number of carbonyl (C=O) groups is 1.